The van der Waals surface area contributed by atoms with Gasteiger partial charge in [0.05, 0.1) is 17.8 Å². The molecular formula is C22H24F2N2O3. The predicted octanol–water partition coefficient (Wildman–Crippen LogP) is 3.35. The summed E-state index contributed by atoms with van der Waals surface area (Å²) in [5, 5.41) is 2.88. The molecule has 7 heteroatoms. The Bertz CT molecular complexity index is 928. The molecule has 2 saturated heterocycles. The Balaban J connectivity index is 1.30. The quantitative estimate of drug-likeness (QED) is 0.779. The van der Waals surface area contributed by atoms with Gasteiger partial charge in [-0.3, -0.25) is 9.59 Å². The maximum atomic E-state index is 13.5. The van der Waals surface area contributed by atoms with E-state index in [9.17, 15) is 18.4 Å². The van der Waals surface area contributed by atoms with Crippen molar-refractivity contribution in [2.24, 2.45) is 5.41 Å². The number of amides is 1. The number of halogens is 2. The van der Waals surface area contributed by atoms with Gasteiger partial charge in [-0.05, 0) is 67.7 Å². The molecular weight excluding hydrogens is 378 g/mol. The van der Waals surface area contributed by atoms with Crippen LogP contribution in [0, 0.1) is 17.0 Å². The van der Waals surface area contributed by atoms with E-state index >= 15 is 0 Å². The standard InChI is InChI=1S/C22H24F2N2O3/c23-17-3-1-15(11-18(17)24)12-21-5-7-22(8-6-21,29-14-21)9-10-25-20(28)16-2-4-19(27)26-13-16/h1-4,11,13H,5-10,12,14H2,(H,25,28)(H,26,27). The van der Waals surface area contributed by atoms with Gasteiger partial charge in [0, 0.05) is 18.8 Å². The highest BCUT2D eigenvalue weighted by molar-refractivity contribution is 5.93. The normalized spacial score (nSPS) is 25.7. The van der Waals surface area contributed by atoms with Gasteiger partial charge in [0.1, 0.15) is 0 Å². The van der Waals surface area contributed by atoms with E-state index in [1.807, 2.05) is 0 Å². The third-order valence-electron chi connectivity index (χ3n) is 6.38. The van der Waals surface area contributed by atoms with Crippen LogP contribution in [0.1, 0.15) is 48.0 Å². The van der Waals surface area contributed by atoms with Crippen molar-refractivity contribution in [2.75, 3.05) is 13.2 Å². The molecule has 29 heavy (non-hydrogen) atoms. The van der Waals surface area contributed by atoms with Crippen molar-refractivity contribution in [2.45, 2.75) is 44.1 Å². The molecule has 1 aliphatic carbocycles. The third-order valence-corrected chi connectivity index (χ3v) is 6.38. The van der Waals surface area contributed by atoms with Crippen molar-refractivity contribution in [3.8, 4) is 0 Å². The summed E-state index contributed by atoms with van der Waals surface area (Å²) in [5.74, 6) is -1.85. The molecule has 1 saturated carbocycles. The molecule has 3 heterocycles. The first-order chi connectivity index (χ1) is 13.9. The SMILES string of the molecule is O=C(NCCC12CCC(Cc3ccc(F)c(F)c3)(CC1)CO2)c1ccc(=O)[nH]c1. The van der Waals surface area contributed by atoms with Gasteiger partial charge in [0.2, 0.25) is 5.56 Å². The van der Waals surface area contributed by atoms with E-state index in [0.29, 0.717) is 25.1 Å². The lowest BCUT2D eigenvalue weighted by atomic mass is 9.63. The van der Waals surface area contributed by atoms with Crippen molar-refractivity contribution in [3.63, 3.8) is 0 Å². The zero-order valence-corrected chi connectivity index (χ0v) is 16.1. The Kier molecular flexibility index (Phi) is 5.25. The fourth-order valence-corrected chi connectivity index (χ4v) is 4.52. The van der Waals surface area contributed by atoms with Crippen molar-refractivity contribution >= 4 is 5.91 Å². The highest BCUT2D eigenvalue weighted by atomic mass is 19.2. The van der Waals surface area contributed by atoms with Crippen molar-refractivity contribution in [1.29, 1.82) is 0 Å². The highest BCUT2D eigenvalue weighted by Crippen LogP contribution is 2.51. The van der Waals surface area contributed by atoms with Crippen LogP contribution in [0.4, 0.5) is 8.78 Å². The summed E-state index contributed by atoms with van der Waals surface area (Å²) in [4.78, 5) is 25.7. The van der Waals surface area contributed by atoms with Crippen LogP contribution < -0.4 is 10.9 Å². The Morgan fingerprint density at radius 2 is 1.90 bits per heavy atom. The average Bonchev–Trinajstić information content (AvgIpc) is 2.73. The summed E-state index contributed by atoms with van der Waals surface area (Å²) in [6.07, 6.45) is 6.54. The molecule has 5 nitrogen and oxygen atoms in total. The van der Waals surface area contributed by atoms with Gasteiger partial charge in [0.15, 0.2) is 11.6 Å². The van der Waals surface area contributed by atoms with Gasteiger partial charge >= 0.3 is 0 Å². The number of pyridine rings is 1. The molecule has 154 valence electrons. The van der Waals surface area contributed by atoms with Crippen LogP contribution in [0.15, 0.2) is 41.3 Å². The molecule has 0 unspecified atom stereocenters. The Labute approximate surface area is 167 Å². The molecule has 1 amide bonds. The number of aromatic nitrogens is 1. The number of aromatic amines is 1. The van der Waals surface area contributed by atoms with Gasteiger partial charge in [-0.1, -0.05) is 6.07 Å². The molecule has 1 aromatic heterocycles. The zero-order chi connectivity index (χ0) is 20.5. The van der Waals surface area contributed by atoms with Crippen LogP contribution in [-0.2, 0) is 11.2 Å². The number of carbonyl (C=O) groups excluding carboxylic acids is 1. The van der Waals surface area contributed by atoms with Gasteiger partial charge in [-0.25, -0.2) is 8.78 Å². The number of benzene rings is 1. The first kappa shape index (κ1) is 19.8. The largest absolute Gasteiger partial charge is 0.374 e. The van der Waals surface area contributed by atoms with E-state index in [0.717, 1.165) is 37.7 Å². The number of carbonyl (C=O) groups is 1. The first-order valence-electron chi connectivity index (χ1n) is 9.94. The predicted molar refractivity (Wildman–Crippen MR) is 104 cm³/mol. The second kappa shape index (κ2) is 7.71. The minimum absolute atomic E-state index is 0.0226. The van der Waals surface area contributed by atoms with E-state index in [1.165, 1.54) is 30.5 Å². The fraction of sp³-hybridized carbons (Fsp3) is 0.455. The Morgan fingerprint density at radius 3 is 2.52 bits per heavy atom. The molecule has 2 N–H and O–H groups in total. The van der Waals surface area contributed by atoms with Crippen LogP contribution in [0.5, 0.6) is 0 Å². The molecule has 3 aliphatic rings. The van der Waals surface area contributed by atoms with Crippen LogP contribution >= 0.6 is 0 Å². The number of fused-ring (bicyclic) bond motifs is 3. The van der Waals surface area contributed by atoms with Gasteiger partial charge < -0.3 is 15.0 Å². The lowest BCUT2D eigenvalue weighted by Crippen LogP contribution is -2.53. The monoisotopic (exact) mass is 402 g/mol. The van der Waals surface area contributed by atoms with Crippen LogP contribution in [0.2, 0.25) is 0 Å². The van der Waals surface area contributed by atoms with Crippen LogP contribution in [-0.4, -0.2) is 29.6 Å². The average molecular weight is 402 g/mol. The van der Waals surface area contributed by atoms with Crippen LogP contribution in [0.25, 0.3) is 0 Å². The zero-order valence-electron chi connectivity index (χ0n) is 16.1. The summed E-state index contributed by atoms with van der Waals surface area (Å²) in [6, 6.07) is 6.94. The minimum atomic E-state index is -0.822. The lowest BCUT2D eigenvalue weighted by Gasteiger charge is -2.53. The molecule has 1 aromatic carbocycles. The molecule has 3 fully saturated rings. The third kappa shape index (κ3) is 4.24. The van der Waals surface area contributed by atoms with Gasteiger partial charge in [-0.2, -0.15) is 0 Å². The number of ether oxygens (including phenoxy) is 1. The summed E-state index contributed by atoms with van der Waals surface area (Å²) in [6.45, 7) is 1.09. The van der Waals surface area contributed by atoms with Crippen LogP contribution in [0.3, 0.4) is 0 Å². The maximum absolute atomic E-state index is 13.5. The van der Waals surface area contributed by atoms with E-state index in [-0.39, 0.29) is 22.5 Å². The van der Waals surface area contributed by atoms with Crippen molar-refractivity contribution < 1.29 is 18.3 Å². The molecule has 2 bridgehead atoms. The first-order valence-corrected chi connectivity index (χ1v) is 9.94. The molecule has 0 radical (unpaired) electrons. The van der Waals surface area contributed by atoms with Crippen molar-refractivity contribution in [3.05, 3.63) is 69.6 Å². The van der Waals surface area contributed by atoms with E-state index in [1.54, 1.807) is 6.07 Å². The summed E-state index contributed by atoms with van der Waals surface area (Å²) < 4.78 is 32.9. The molecule has 2 aliphatic heterocycles. The molecule has 2 aromatic rings. The Hall–Kier alpha value is -2.54. The summed E-state index contributed by atoms with van der Waals surface area (Å²) >= 11 is 0. The van der Waals surface area contributed by atoms with Gasteiger partial charge in [-0.15, -0.1) is 0 Å². The smallest absolute Gasteiger partial charge is 0.252 e. The number of hydrogen-bond acceptors (Lipinski definition) is 3. The second-order valence-corrected chi connectivity index (χ2v) is 8.34. The lowest BCUT2D eigenvalue weighted by molar-refractivity contribution is -0.185. The number of H-pyrrole nitrogens is 1. The number of rotatable bonds is 6. The fourth-order valence-electron chi connectivity index (χ4n) is 4.52. The van der Waals surface area contributed by atoms with E-state index in [4.69, 9.17) is 4.74 Å². The summed E-state index contributed by atoms with van der Waals surface area (Å²) in [5.41, 5.74) is 0.722. The summed E-state index contributed by atoms with van der Waals surface area (Å²) in [7, 11) is 0. The number of hydrogen-bond donors (Lipinski definition) is 2. The van der Waals surface area contributed by atoms with E-state index in [2.05, 4.69) is 10.3 Å². The topological polar surface area (TPSA) is 71.2 Å². The van der Waals surface area contributed by atoms with E-state index < -0.39 is 11.6 Å². The number of nitrogens with one attached hydrogen (secondary N) is 2. The molecule has 5 rings (SSSR count). The minimum Gasteiger partial charge on any atom is -0.374 e. The maximum Gasteiger partial charge on any atom is 0.252 e. The second-order valence-electron chi connectivity index (χ2n) is 8.34. The molecule has 0 atom stereocenters. The van der Waals surface area contributed by atoms with Crippen molar-refractivity contribution in [1.82, 2.24) is 10.3 Å². The molecule has 0 spiro atoms. The highest BCUT2D eigenvalue weighted by Gasteiger charge is 2.49. The Morgan fingerprint density at radius 1 is 1.10 bits per heavy atom. The van der Waals surface area contributed by atoms with Gasteiger partial charge in [0.25, 0.3) is 5.91 Å².